The van der Waals surface area contributed by atoms with Gasteiger partial charge in [-0.2, -0.15) is 0 Å². The summed E-state index contributed by atoms with van der Waals surface area (Å²) >= 11 is 0. The minimum Gasteiger partial charge on any atom is -0.323 e. The Morgan fingerprint density at radius 2 is 2.00 bits per heavy atom. The largest absolute Gasteiger partial charge is 0.349 e. The van der Waals surface area contributed by atoms with Gasteiger partial charge in [0, 0.05) is 0 Å². The average Bonchev–Trinajstić information content (AvgIpc) is 2.45. The molecule has 2 rings (SSSR count). The summed E-state index contributed by atoms with van der Waals surface area (Å²) in [4.78, 5) is 18.4. The lowest BCUT2D eigenvalue weighted by atomic mass is 10.1. The smallest absolute Gasteiger partial charge is 0.323 e. The summed E-state index contributed by atoms with van der Waals surface area (Å²) in [6.45, 7) is 0. The maximum atomic E-state index is 11.3. The van der Waals surface area contributed by atoms with E-state index in [-0.39, 0.29) is 0 Å². The second-order valence-electron chi connectivity index (χ2n) is 3.63. The normalized spacial score (nSPS) is 26.2. The molecular weight excluding hydrogens is 201 g/mol. The van der Waals surface area contributed by atoms with Crippen molar-refractivity contribution in [3.05, 3.63) is 35.4 Å². The van der Waals surface area contributed by atoms with Crippen molar-refractivity contribution in [2.75, 3.05) is 0 Å². The number of hydrogen-bond donors (Lipinski definition) is 3. The van der Waals surface area contributed by atoms with Gasteiger partial charge in [0.1, 0.15) is 5.28 Å². The van der Waals surface area contributed by atoms with Crippen LogP contribution in [0.1, 0.15) is 17.5 Å². The lowest BCUT2D eigenvalue weighted by Gasteiger charge is -2.26. The second-order valence-corrected chi connectivity index (χ2v) is 5.51. The highest BCUT2D eigenvalue weighted by molar-refractivity contribution is 7.53. The predicted octanol–water partition coefficient (Wildman–Crippen LogP) is 0.922. The first-order valence-electron chi connectivity index (χ1n) is 4.38. The Morgan fingerprint density at radius 1 is 1.36 bits per heavy atom. The molecule has 14 heavy (non-hydrogen) atoms. The summed E-state index contributed by atoms with van der Waals surface area (Å²) in [6, 6.07) is 7.16. The summed E-state index contributed by atoms with van der Waals surface area (Å²) in [5.41, 5.74) is 7.32. The van der Waals surface area contributed by atoms with Crippen LogP contribution in [0.25, 0.3) is 0 Å². The zero-order valence-corrected chi connectivity index (χ0v) is 8.45. The molecule has 0 aliphatic heterocycles. The molecule has 4 nitrogen and oxygen atoms in total. The summed E-state index contributed by atoms with van der Waals surface area (Å²) < 4.78 is 11.3. The van der Waals surface area contributed by atoms with Crippen LogP contribution in [0.15, 0.2) is 24.3 Å². The minimum atomic E-state index is -4.28. The summed E-state index contributed by atoms with van der Waals surface area (Å²) in [7, 11) is -4.28. The van der Waals surface area contributed by atoms with Gasteiger partial charge in [-0.3, -0.25) is 4.57 Å². The van der Waals surface area contributed by atoms with Crippen LogP contribution in [0, 0.1) is 0 Å². The maximum absolute atomic E-state index is 11.3. The third kappa shape index (κ3) is 1.23. The zero-order valence-electron chi connectivity index (χ0n) is 7.55. The molecular formula is C9H12NO3P. The highest BCUT2D eigenvalue weighted by Gasteiger charge is 2.48. The summed E-state index contributed by atoms with van der Waals surface area (Å²) in [5, 5.41) is -1.47. The molecule has 0 bridgehead atoms. The van der Waals surface area contributed by atoms with E-state index in [0.717, 1.165) is 5.56 Å². The van der Waals surface area contributed by atoms with E-state index in [9.17, 15) is 14.4 Å². The molecule has 1 aliphatic rings. The molecule has 1 atom stereocenters. The van der Waals surface area contributed by atoms with E-state index in [0.29, 0.717) is 18.4 Å². The van der Waals surface area contributed by atoms with Crippen molar-refractivity contribution in [1.82, 2.24) is 0 Å². The predicted molar refractivity (Wildman–Crippen MR) is 52.7 cm³/mol. The molecule has 0 spiro atoms. The molecule has 5 heteroatoms. The van der Waals surface area contributed by atoms with Gasteiger partial charge in [0.25, 0.3) is 0 Å². The highest BCUT2D eigenvalue weighted by Crippen LogP contribution is 2.59. The molecule has 1 aliphatic carbocycles. The third-order valence-corrected chi connectivity index (χ3v) is 4.28. The van der Waals surface area contributed by atoms with Crippen LogP contribution < -0.4 is 5.73 Å². The van der Waals surface area contributed by atoms with Crippen molar-refractivity contribution in [2.24, 2.45) is 5.73 Å². The van der Waals surface area contributed by atoms with Crippen molar-refractivity contribution in [1.29, 1.82) is 0 Å². The maximum Gasteiger partial charge on any atom is 0.349 e. The van der Waals surface area contributed by atoms with Crippen molar-refractivity contribution in [3.8, 4) is 0 Å². The molecule has 1 aromatic carbocycles. The van der Waals surface area contributed by atoms with E-state index >= 15 is 0 Å². The minimum absolute atomic E-state index is 0.316. The summed E-state index contributed by atoms with van der Waals surface area (Å²) in [5.74, 6) is 0. The topological polar surface area (TPSA) is 83.6 Å². The summed E-state index contributed by atoms with van der Waals surface area (Å²) in [6.07, 6.45) is 0.953. The average molecular weight is 213 g/mol. The lowest BCUT2D eigenvalue weighted by Crippen LogP contribution is -2.33. The van der Waals surface area contributed by atoms with E-state index in [1.807, 2.05) is 12.1 Å². The van der Waals surface area contributed by atoms with Gasteiger partial charge in [0.2, 0.25) is 0 Å². The van der Waals surface area contributed by atoms with Gasteiger partial charge in [-0.25, -0.2) is 0 Å². The van der Waals surface area contributed by atoms with Gasteiger partial charge >= 0.3 is 7.60 Å². The van der Waals surface area contributed by atoms with Crippen LogP contribution in [-0.2, 0) is 16.3 Å². The fourth-order valence-electron chi connectivity index (χ4n) is 1.92. The number of benzene rings is 1. The van der Waals surface area contributed by atoms with Crippen LogP contribution in [0.3, 0.4) is 0 Å². The Hall–Kier alpha value is -0.670. The zero-order chi connectivity index (χ0) is 10.4. The van der Waals surface area contributed by atoms with E-state index in [1.54, 1.807) is 12.1 Å². The Kier molecular flexibility index (Phi) is 2.05. The molecule has 0 unspecified atom stereocenters. The molecule has 0 saturated carbocycles. The first-order chi connectivity index (χ1) is 6.45. The molecule has 0 fully saturated rings. The van der Waals surface area contributed by atoms with Gasteiger partial charge in [-0.05, 0) is 24.0 Å². The molecule has 0 saturated heterocycles. The molecule has 0 amide bonds. The first kappa shape index (κ1) is 9.87. The molecule has 4 N–H and O–H groups in total. The van der Waals surface area contributed by atoms with Crippen LogP contribution in [0.5, 0.6) is 0 Å². The van der Waals surface area contributed by atoms with E-state index < -0.39 is 12.9 Å². The molecule has 0 aromatic heterocycles. The number of fused-ring (bicyclic) bond motifs is 1. The SMILES string of the molecule is N[C@]1(P(=O)(O)O)CCc2ccccc21. The third-order valence-electron chi connectivity index (χ3n) is 2.78. The lowest BCUT2D eigenvalue weighted by molar-refractivity contribution is 0.325. The van der Waals surface area contributed by atoms with Crippen LogP contribution in [-0.4, -0.2) is 9.79 Å². The standard InChI is InChI=1S/C9H12NO3P/c10-9(14(11,12)13)6-5-7-3-1-2-4-8(7)9/h1-4H,5-6,10H2,(H2,11,12,13)/t9-/m0/s1. The van der Waals surface area contributed by atoms with Crippen LogP contribution in [0.2, 0.25) is 0 Å². The first-order valence-corrected chi connectivity index (χ1v) is 5.99. The van der Waals surface area contributed by atoms with Gasteiger partial charge in [0.05, 0.1) is 0 Å². The van der Waals surface area contributed by atoms with E-state index in [4.69, 9.17) is 5.73 Å². The Labute approximate surface area is 81.9 Å². The Balaban J connectivity index is 2.59. The fourth-order valence-corrected chi connectivity index (χ4v) is 2.86. The molecule has 76 valence electrons. The highest BCUT2D eigenvalue weighted by atomic mass is 31.2. The Morgan fingerprint density at radius 3 is 2.64 bits per heavy atom. The van der Waals surface area contributed by atoms with E-state index in [2.05, 4.69) is 0 Å². The number of aryl methyl sites for hydroxylation is 1. The van der Waals surface area contributed by atoms with Gasteiger partial charge in [-0.1, -0.05) is 24.3 Å². The quantitative estimate of drug-likeness (QED) is 0.606. The van der Waals surface area contributed by atoms with Crippen molar-refractivity contribution < 1.29 is 14.4 Å². The molecule has 0 radical (unpaired) electrons. The van der Waals surface area contributed by atoms with Gasteiger partial charge in [0.15, 0.2) is 0 Å². The second kappa shape index (κ2) is 2.91. The van der Waals surface area contributed by atoms with Crippen molar-refractivity contribution in [2.45, 2.75) is 18.1 Å². The van der Waals surface area contributed by atoms with Gasteiger partial charge in [-0.15, -0.1) is 0 Å². The number of nitrogens with two attached hydrogens (primary N) is 1. The van der Waals surface area contributed by atoms with Crippen molar-refractivity contribution in [3.63, 3.8) is 0 Å². The van der Waals surface area contributed by atoms with Gasteiger partial charge < -0.3 is 15.5 Å². The number of hydrogen-bond acceptors (Lipinski definition) is 2. The van der Waals surface area contributed by atoms with Crippen LogP contribution in [0.4, 0.5) is 0 Å². The molecule has 1 aromatic rings. The van der Waals surface area contributed by atoms with Crippen molar-refractivity contribution >= 4 is 7.60 Å². The Bertz CT molecular complexity index is 414. The molecule has 0 heterocycles. The van der Waals surface area contributed by atoms with E-state index in [1.165, 1.54) is 0 Å². The number of rotatable bonds is 1. The fraction of sp³-hybridized carbons (Fsp3) is 0.333. The monoisotopic (exact) mass is 213 g/mol. The van der Waals surface area contributed by atoms with Crippen LogP contribution >= 0.6 is 7.60 Å².